The summed E-state index contributed by atoms with van der Waals surface area (Å²) >= 11 is 6.20. The smallest absolute Gasteiger partial charge is 0.135 e. The number of nitrogens with zero attached hydrogens (tertiary/aromatic N) is 2. The van der Waals surface area contributed by atoms with E-state index in [1.807, 2.05) is 44.2 Å². The van der Waals surface area contributed by atoms with E-state index in [4.69, 9.17) is 16.4 Å². The van der Waals surface area contributed by atoms with E-state index in [0.717, 1.165) is 33.9 Å². The fourth-order valence-corrected chi connectivity index (χ4v) is 3.17. The van der Waals surface area contributed by atoms with Crippen molar-refractivity contribution >= 4 is 17.3 Å². The zero-order valence-corrected chi connectivity index (χ0v) is 16.0. The third kappa shape index (κ3) is 4.12. The highest BCUT2D eigenvalue weighted by molar-refractivity contribution is 6.30. The van der Waals surface area contributed by atoms with Crippen LogP contribution in [0.3, 0.4) is 0 Å². The van der Waals surface area contributed by atoms with E-state index in [0.29, 0.717) is 11.6 Å². The molecule has 0 unspecified atom stereocenters. The van der Waals surface area contributed by atoms with Crippen molar-refractivity contribution in [3.05, 3.63) is 89.3 Å². The monoisotopic (exact) mass is 382 g/mol. The lowest BCUT2D eigenvalue weighted by molar-refractivity contribution is 0.175. The number of aromatic nitrogens is 1. The largest absolute Gasteiger partial charge is 0.391 e. The Bertz CT molecular complexity index is 990. The molecular weight excluding hydrogens is 363 g/mol. The molecule has 5 heteroatoms. The van der Waals surface area contributed by atoms with Crippen molar-refractivity contribution in [1.29, 1.82) is 0 Å². The van der Waals surface area contributed by atoms with Crippen LogP contribution in [0, 0.1) is 12.7 Å². The lowest BCUT2D eigenvalue weighted by Gasteiger charge is -2.13. The molecule has 0 saturated heterocycles. The van der Waals surface area contributed by atoms with Crippen molar-refractivity contribution in [3.8, 4) is 16.9 Å². The van der Waals surface area contributed by atoms with Crippen LogP contribution in [0.15, 0.2) is 72.4 Å². The summed E-state index contributed by atoms with van der Waals surface area (Å²) in [5.74, 6) is -0.271. The predicted molar refractivity (Wildman–Crippen MR) is 109 cm³/mol. The van der Waals surface area contributed by atoms with Gasteiger partial charge in [0.05, 0.1) is 11.4 Å². The van der Waals surface area contributed by atoms with Crippen LogP contribution in [0.2, 0.25) is 5.02 Å². The van der Waals surface area contributed by atoms with E-state index in [2.05, 4.69) is 16.3 Å². The average molecular weight is 383 g/mol. The van der Waals surface area contributed by atoms with E-state index < -0.39 is 0 Å². The normalized spacial score (nSPS) is 11.5. The van der Waals surface area contributed by atoms with Gasteiger partial charge in [-0.25, -0.2) is 4.39 Å². The molecule has 1 aromatic heterocycles. The Morgan fingerprint density at radius 3 is 2.63 bits per heavy atom. The summed E-state index contributed by atoms with van der Waals surface area (Å²) in [6, 6.07) is 16.1. The molecule has 0 N–H and O–H groups in total. The second-order valence-electron chi connectivity index (χ2n) is 6.11. The van der Waals surface area contributed by atoms with E-state index in [1.54, 1.807) is 18.2 Å². The van der Waals surface area contributed by atoms with Gasteiger partial charge < -0.3 is 9.40 Å². The van der Waals surface area contributed by atoms with Crippen LogP contribution in [-0.2, 0) is 4.84 Å². The molecule has 0 spiro atoms. The summed E-state index contributed by atoms with van der Waals surface area (Å²) in [5, 5.41) is 4.81. The first-order valence-corrected chi connectivity index (χ1v) is 8.91. The topological polar surface area (TPSA) is 26.5 Å². The Morgan fingerprint density at radius 2 is 1.96 bits per heavy atom. The van der Waals surface area contributed by atoms with Crippen molar-refractivity contribution in [2.75, 3.05) is 6.61 Å². The molecule has 0 atom stereocenters. The van der Waals surface area contributed by atoms with Crippen molar-refractivity contribution < 1.29 is 9.23 Å². The van der Waals surface area contributed by atoms with E-state index in [9.17, 15) is 4.39 Å². The Labute approximate surface area is 163 Å². The van der Waals surface area contributed by atoms with Gasteiger partial charge in [0.15, 0.2) is 0 Å². The number of oxime groups is 1. The molecular formula is C22H20ClFN2O. The SMILES string of the molecule is C=CCO/N=C(/C)c1cc(-c2ccc(F)cc2)n(-c2cccc(Cl)c2)c1C. The van der Waals surface area contributed by atoms with Crippen LogP contribution >= 0.6 is 11.6 Å². The molecule has 0 aliphatic heterocycles. The Kier molecular flexibility index (Phi) is 5.77. The third-order valence-corrected chi connectivity index (χ3v) is 4.47. The van der Waals surface area contributed by atoms with Gasteiger partial charge in [-0.1, -0.05) is 35.5 Å². The minimum Gasteiger partial charge on any atom is -0.391 e. The van der Waals surface area contributed by atoms with Crippen LogP contribution in [0.1, 0.15) is 18.2 Å². The van der Waals surface area contributed by atoms with Gasteiger partial charge in [-0.3, -0.25) is 0 Å². The standard InChI is InChI=1S/C22H20ClFN2O/c1-4-12-27-25-15(2)21-14-22(17-8-10-19(24)11-9-17)26(16(21)3)20-7-5-6-18(23)13-20/h4-11,13-14H,1,12H2,2-3H3/b25-15-. The molecule has 0 aliphatic rings. The third-order valence-electron chi connectivity index (χ3n) is 4.24. The highest BCUT2D eigenvalue weighted by Crippen LogP contribution is 2.31. The molecule has 3 nitrogen and oxygen atoms in total. The Morgan fingerprint density at radius 1 is 1.22 bits per heavy atom. The fourth-order valence-electron chi connectivity index (χ4n) is 2.99. The molecule has 0 bridgehead atoms. The highest BCUT2D eigenvalue weighted by atomic mass is 35.5. The van der Waals surface area contributed by atoms with Gasteiger partial charge in [0.1, 0.15) is 12.4 Å². The molecule has 0 radical (unpaired) electrons. The predicted octanol–water partition coefficient (Wildman–Crippen LogP) is 6.17. The van der Waals surface area contributed by atoms with Crippen molar-refractivity contribution in [2.45, 2.75) is 13.8 Å². The van der Waals surface area contributed by atoms with Crippen LogP contribution in [-0.4, -0.2) is 16.9 Å². The molecule has 0 aliphatic carbocycles. The summed E-state index contributed by atoms with van der Waals surface area (Å²) in [5.41, 5.74) is 5.41. The second-order valence-corrected chi connectivity index (χ2v) is 6.55. The maximum atomic E-state index is 13.4. The summed E-state index contributed by atoms with van der Waals surface area (Å²) in [7, 11) is 0. The average Bonchev–Trinajstić information content (AvgIpc) is 3.00. The first-order valence-electron chi connectivity index (χ1n) is 8.53. The van der Waals surface area contributed by atoms with Crippen LogP contribution in [0.25, 0.3) is 16.9 Å². The van der Waals surface area contributed by atoms with Crippen LogP contribution in [0.4, 0.5) is 4.39 Å². The molecule has 3 rings (SSSR count). The minimum atomic E-state index is -0.271. The number of rotatable bonds is 6. The molecule has 0 fully saturated rings. The zero-order valence-electron chi connectivity index (χ0n) is 15.2. The molecule has 27 heavy (non-hydrogen) atoms. The molecule has 1 heterocycles. The first-order chi connectivity index (χ1) is 13.0. The van der Waals surface area contributed by atoms with Crippen molar-refractivity contribution in [1.82, 2.24) is 4.57 Å². The van der Waals surface area contributed by atoms with Crippen LogP contribution in [0.5, 0.6) is 0 Å². The Hall–Kier alpha value is -2.85. The quantitative estimate of drug-likeness (QED) is 0.216. The lowest BCUT2D eigenvalue weighted by atomic mass is 10.1. The van der Waals surface area contributed by atoms with Gasteiger partial charge in [-0.05, 0) is 67.9 Å². The maximum Gasteiger partial charge on any atom is 0.135 e. The molecule has 3 aromatic rings. The van der Waals surface area contributed by atoms with Gasteiger partial charge in [0.2, 0.25) is 0 Å². The lowest BCUT2D eigenvalue weighted by Crippen LogP contribution is -2.02. The molecule has 0 amide bonds. The number of hydrogen-bond donors (Lipinski definition) is 0. The summed E-state index contributed by atoms with van der Waals surface area (Å²) in [4.78, 5) is 5.24. The summed E-state index contributed by atoms with van der Waals surface area (Å²) < 4.78 is 15.5. The van der Waals surface area contributed by atoms with Gasteiger partial charge in [0.25, 0.3) is 0 Å². The van der Waals surface area contributed by atoms with Gasteiger partial charge >= 0.3 is 0 Å². The summed E-state index contributed by atoms with van der Waals surface area (Å²) in [6.07, 6.45) is 1.64. The fraction of sp³-hybridized carbons (Fsp3) is 0.136. The van der Waals surface area contributed by atoms with Gasteiger partial charge in [-0.15, -0.1) is 0 Å². The van der Waals surface area contributed by atoms with E-state index >= 15 is 0 Å². The second kappa shape index (κ2) is 8.23. The van der Waals surface area contributed by atoms with Gasteiger partial charge in [-0.2, -0.15) is 0 Å². The van der Waals surface area contributed by atoms with E-state index in [1.165, 1.54) is 12.1 Å². The summed E-state index contributed by atoms with van der Waals surface area (Å²) in [6.45, 7) is 7.86. The van der Waals surface area contributed by atoms with E-state index in [-0.39, 0.29) is 5.82 Å². The van der Waals surface area contributed by atoms with Crippen LogP contribution < -0.4 is 0 Å². The zero-order chi connectivity index (χ0) is 19.4. The molecule has 0 saturated carbocycles. The highest BCUT2D eigenvalue weighted by Gasteiger charge is 2.17. The minimum absolute atomic E-state index is 0.271. The molecule has 138 valence electrons. The Balaban J connectivity index is 2.18. The first kappa shape index (κ1) is 18.9. The molecule has 2 aromatic carbocycles. The van der Waals surface area contributed by atoms with Gasteiger partial charge in [0, 0.05) is 22.0 Å². The number of halogens is 2. The maximum absolute atomic E-state index is 13.4. The van der Waals surface area contributed by atoms with Crippen molar-refractivity contribution in [3.63, 3.8) is 0 Å². The van der Waals surface area contributed by atoms with Crippen molar-refractivity contribution in [2.24, 2.45) is 5.16 Å². The number of hydrogen-bond acceptors (Lipinski definition) is 2. The number of benzene rings is 2.